The molecule has 0 aromatic heterocycles. The molecule has 0 aliphatic heterocycles. The first-order valence-electron chi connectivity index (χ1n) is 5.28. The predicted octanol–water partition coefficient (Wildman–Crippen LogP) is 2.83. The first-order valence-corrected chi connectivity index (χ1v) is 5.65. The van der Waals surface area contributed by atoms with Gasteiger partial charge in [-0.1, -0.05) is 36.8 Å². The Morgan fingerprint density at radius 3 is 2.81 bits per heavy atom. The molecule has 0 heterocycles. The van der Waals surface area contributed by atoms with Crippen molar-refractivity contribution in [3.8, 4) is 17.6 Å². The van der Waals surface area contributed by atoms with Crippen molar-refractivity contribution in [3.05, 3.63) is 28.8 Å². The van der Waals surface area contributed by atoms with Gasteiger partial charge in [0.05, 0.1) is 18.2 Å². The number of hydrogen-bond donors (Lipinski definition) is 1. The zero-order chi connectivity index (χ0) is 12.0. The molecule has 0 aliphatic carbocycles. The summed E-state index contributed by atoms with van der Waals surface area (Å²) in [4.78, 5) is 0. The number of halogens is 1. The summed E-state index contributed by atoms with van der Waals surface area (Å²) >= 11 is 5.98. The van der Waals surface area contributed by atoms with Crippen LogP contribution in [0.5, 0.6) is 5.75 Å². The number of rotatable bonds is 3. The number of hydrogen-bond acceptors (Lipinski definition) is 2. The van der Waals surface area contributed by atoms with Crippen LogP contribution in [-0.4, -0.2) is 13.2 Å². The molecule has 0 saturated heterocycles. The van der Waals surface area contributed by atoms with Crippen molar-refractivity contribution in [1.29, 1.82) is 0 Å². The Morgan fingerprint density at radius 2 is 2.25 bits per heavy atom. The number of ether oxygens (including phenoxy) is 1. The van der Waals surface area contributed by atoms with Gasteiger partial charge in [0, 0.05) is 5.56 Å². The molecule has 3 heteroatoms. The van der Waals surface area contributed by atoms with Crippen molar-refractivity contribution >= 4 is 11.6 Å². The fourth-order valence-corrected chi connectivity index (χ4v) is 1.56. The summed E-state index contributed by atoms with van der Waals surface area (Å²) in [6, 6.07) is 5.39. The molecule has 1 aromatic carbocycles. The average Bonchev–Trinajstić information content (AvgIpc) is 2.27. The van der Waals surface area contributed by atoms with E-state index >= 15 is 0 Å². The SMILES string of the molecule is CCCC(N)C#Cc1ccc(OC)c(Cl)c1. The van der Waals surface area contributed by atoms with Crippen LogP contribution < -0.4 is 10.5 Å². The minimum atomic E-state index is -0.0640. The molecule has 1 unspecified atom stereocenters. The van der Waals surface area contributed by atoms with E-state index in [0.29, 0.717) is 10.8 Å². The third kappa shape index (κ3) is 3.77. The van der Waals surface area contributed by atoms with Crippen LogP contribution in [0.1, 0.15) is 25.3 Å². The van der Waals surface area contributed by atoms with Gasteiger partial charge in [0.25, 0.3) is 0 Å². The Kier molecular flexibility index (Phi) is 5.18. The zero-order valence-corrected chi connectivity index (χ0v) is 10.3. The highest BCUT2D eigenvalue weighted by molar-refractivity contribution is 6.32. The van der Waals surface area contributed by atoms with Crippen molar-refractivity contribution in [2.75, 3.05) is 7.11 Å². The molecule has 0 spiro atoms. The van der Waals surface area contributed by atoms with Gasteiger partial charge in [0.2, 0.25) is 0 Å². The lowest BCUT2D eigenvalue weighted by molar-refractivity contribution is 0.415. The van der Waals surface area contributed by atoms with Crippen LogP contribution in [0.15, 0.2) is 18.2 Å². The minimum absolute atomic E-state index is 0.0640. The Bertz CT molecular complexity index is 406. The van der Waals surface area contributed by atoms with Gasteiger partial charge >= 0.3 is 0 Å². The summed E-state index contributed by atoms with van der Waals surface area (Å²) in [5.74, 6) is 6.66. The second kappa shape index (κ2) is 6.42. The second-order valence-electron chi connectivity index (χ2n) is 3.51. The Balaban J connectivity index is 2.78. The first kappa shape index (κ1) is 12.9. The van der Waals surface area contributed by atoms with E-state index < -0.39 is 0 Å². The van der Waals surface area contributed by atoms with E-state index in [1.807, 2.05) is 6.07 Å². The molecule has 2 nitrogen and oxygen atoms in total. The first-order chi connectivity index (χ1) is 7.67. The van der Waals surface area contributed by atoms with Gasteiger partial charge in [-0.25, -0.2) is 0 Å². The number of benzene rings is 1. The van der Waals surface area contributed by atoms with E-state index in [0.717, 1.165) is 18.4 Å². The van der Waals surface area contributed by atoms with Gasteiger partial charge < -0.3 is 10.5 Å². The molecular formula is C13H16ClNO. The van der Waals surface area contributed by atoms with Gasteiger partial charge in [-0.05, 0) is 24.6 Å². The maximum Gasteiger partial charge on any atom is 0.137 e. The molecule has 0 aliphatic rings. The molecule has 86 valence electrons. The number of methoxy groups -OCH3 is 1. The molecule has 1 rings (SSSR count). The zero-order valence-electron chi connectivity index (χ0n) is 9.59. The van der Waals surface area contributed by atoms with Crippen LogP contribution in [-0.2, 0) is 0 Å². The number of nitrogens with two attached hydrogens (primary N) is 1. The van der Waals surface area contributed by atoms with Gasteiger partial charge in [-0.2, -0.15) is 0 Å². The molecule has 2 N–H and O–H groups in total. The molecule has 0 bridgehead atoms. The lowest BCUT2D eigenvalue weighted by Crippen LogP contribution is -2.16. The van der Waals surface area contributed by atoms with E-state index in [1.165, 1.54) is 0 Å². The third-order valence-corrected chi connectivity index (χ3v) is 2.45. The van der Waals surface area contributed by atoms with Crippen LogP contribution in [0.2, 0.25) is 5.02 Å². The van der Waals surface area contributed by atoms with Crippen LogP contribution >= 0.6 is 11.6 Å². The summed E-state index contributed by atoms with van der Waals surface area (Å²) in [5.41, 5.74) is 6.65. The van der Waals surface area contributed by atoms with Crippen molar-refractivity contribution < 1.29 is 4.74 Å². The Hall–Kier alpha value is -1.17. The van der Waals surface area contributed by atoms with Crippen LogP contribution in [0.3, 0.4) is 0 Å². The molecule has 0 fully saturated rings. The monoisotopic (exact) mass is 237 g/mol. The standard InChI is InChI=1S/C13H16ClNO/c1-3-4-11(15)7-5-10-6-8-13(16-2)12(14)9-10/h6,8-9,11H,3-4,15H2,1-2H3. The fourth-order valence-electron chi connectivity index (χ4n) is 1.30. The van der Waals surface area contributed by atoms with Crippen LogP contribution in [0.25, 0.3) is 0 Å². The Morgan fingerprint density at radius 1 is 1.50 bits per heavy atom. The molecule has 1 aromatic rings. The molecule has 0 amide bonds. The highest BCUT2D eigenvalue weighted by atomic mass is 35.5. The summed E-state index contributed by atoms with van der Waals surface area (Å²) in [6.45, 7) is 2.09. The summed E-state index contributed by atoms with van der Waals surface area (Å²) in [5, 5.41) is 0.568. The van der Waals surface area contributed by atoms with E-state index in [9.17, 15) is 0 Å². The molecule has 1 atom stereocenters. The van der Waals surface area contributed by atoms with Gasteiger partial charge in [-0.3, -0.25) is 0 Å². The molecule has 0 radical (unpaired) electrons. The largest absolute Gasteiger partial charge is 0.495 e. The van der Waals surface area contributed by atoms with Crippen molar-refractivity contribution in [2.45, 2.75) is 25.8 Å². The van der Waals surface area contributed by atoms with Crippen molar-refractivity contribution in [2.24, 2.45) is 5.73 Å². The smallest absolute Gasteiger partial charge is 0.137 e. The highest BCUT2D eigenvalue weighted by Crippen LogP contribution is 2.24. The lowest BCUT2D eigenvalue weighted by Gasteiger charge is -2.02. The van der Waals surface area contributed by atoms with Crippen LogP contribution in [0, 0.1) is 11.8 Å². The van der Waals surface area contributed by atoms with E-state index in [4.69, 9.17) is 22.1 Å². The summed E-state index contributed by atoms with van der Waals surface area (Å²) in [7, 11) is 1.59. The summed E-state index contributed by atoms with van der Waals surface area (Å²) < 4.78 is 5.06. The van der Waals surface area contributed by atoms with Crippen LogP contribution in [0.4, 0.5) is 0 Å². The van der Waals surface area contributed by atoms with E-state index in [1.54, 1.807) is 19.2 Å². The molecular weight excluding hydrogens is 222 g/mol. The molecule has 16 heavy (non-hydrogen) atoms. The van der Waals surface area contributed by atoms with Gasteiger partial charge in [-0.15, -0.1) is 0 Å². The molecule has 0 saturated carbocycles. The van der Waals surface area contributed by atoms with E-state index in [2.05, 4.69) is 18.8 Å². The topological polar surface area (TPSA) is 35.2 Å². The van der Waals surface area contributed by atoms with Gasteiger partial charge in [0.1, 0.15) is 5.75 Å². The average molecular weight is 238 g/mol. The maximum atomic E-state index is 5.98. The van der Waals surface area contributed by atoms with Gasteiger partial charge in [0.15, 0.2) is 0 Å². The highest BCUT2D eigenvalue weighted by Gasteiger charge is 2.00. The maximum absolute atomic E-state index is 5.98. The second-order valence-corrected chi connectivity index (χ2v) is 3.92. The normalized spacial score (nSPS) is 11.5. The van der Waals surface area contributed by atoms with Crippen molar-refractivity contribution in [3.63, 3.8) is 0 Å². The predicted molar refractivity (Wildman–Crippen MR) is 67.8 cm³/mol. The lowest BCUT2D eigenvalue weighted by atomic mass is 10.1. The Labute approximate surface area is 102 Å². The van der Waals surface area contributed by atoms with E-state index in [-0.39, 0.29) is 6.04 Å². The quantitative estimate of drug-likeness (QED) is 0.821. The third-order valence-electron chi connectivity index (χ3n) is 2.15. The summed E-state index contributed by atoms with van der Waals surface area (Å²) in [6.07, 6.45) is 1.95. The minimum Gasteiger partial charge on any atom is -0.495 e. The van der Waals surface area contributed by atoms with Crippen molar-refractivity contribution in [1.82, 2.24) is 0 Å². The fraction of sp³-hybridized carbons (Fsp3) is 0.385.